The van der Waals surface area contributed by atoms with Crippen molar-refractivity contribution in [3.63, 3.8) is 0 Å². The number of fused-ring (bicyclic) bond motifs is 1. The molecule has 0 bridgehead atoms. The van der Waals surface area contributed by atoms with Crippen LogP contribution in [0.5, 0.6) is 0 Å². The van der Waals surface area contributed by atoms with Gasteiger partial charge in [0.25, 0.3) is 0 Å². The maximum Gasteiger partial charge on any atom is 0.416 e. The molecule has 1 nitrogen and oxygen atoms in total. The molecule has 17 heavy (non-hydrogen) atoms. The molecule has 2 rings (SSSR count). The number of benzene rings is 1. The van der Waals surface area contributed by atoms with Crippen molar-refractivity contribution in [1.82, 2.24) is 4.98 Å². The lowest BCUT2D eigenvalue weighted by Crippen LogP contribution is -2.08. The normalized spacial score (nSPS) is 12.1. The third-order valence-electron chi connectivity index (χ3n) is 2.71. The Labute approximate surface area is 101 Å². The molecule has 90 valence electrons. The topological polar surface area (TPSA) is 12.9 Å². The number of hydrogen-bond donors (Lipinski definition) is 0. The zero-order valence-corrected chi connectivity index (χ0v) is 9.95. The molecule has 0 unspecified atom stereocenters. The molecule has 0 saturated heterocycles. The van der Waals surface area contributed by atoms with Crippen molar-refractivity contribution >= 4 is 22.5 Å². The number of nitrogens with zero attached hydrogens (tertiary/aromatic N) is 1. The Hall–Kier alpha value is -1.29. The molecule has 0 spiro atoms. The van der Waals surface area contributed by atoms with Crippen molar-refractivity contribution in [3.8, 4) is 0 Å². The molecule has 0 aliphatic rings. The second-order valence-electron chi connectivity index (χ2n) is 3.89. The number of pyridine rings is 1. The van der Waals surface area contributed by atoms with Crippen LogP contribution in [0.25, 0.3) is 10.9 Å². The lowest BCUT2D eigenvalue weighted by molar-refractivity contribution is -0.137. The average Bonchev–Trinajstić information content (AvgIpc) is 2.22. The molecule has 0 amide bonds. The minimum absolute atomic E-state index is 0.108. The van der Waals surface area contributed by atoms with E-state index in [1.54, 1.807) is 6.92 Å². The average molecular weight is 260 g/mol. The van der Waals surface area contributed by atoms with E-state index in [0.717, 1.165) is 11.6 Å². The van der Waals surface area contributed by atoms with E-state index in [-0.39, 0.29) is 5.56 Å². The molecule has 5 heteroatoms. The molecule has 0 aliphatic carbocycles. The molecular weight excluding hydrogens is 251 g/mol. The third kappa shape index (κ3) is 1.97. The van der Waals surface area contributed by atoms with Crippen LogP contribution in [-0.2, 0) is 6.18 Å². The van der Waals surface area contributed by atoms with E-state index in [1.165, 1.54) is 19.2 Å². The highest BCUT2D eigenvalue weighted by atomic mass is 35.5. The van der Waals surface area contributed by atoms with E-state index >= 15 is 0 Å². The highest BCUT2D eigenvalue weighted by Crippen LogP contribution is 2.36. The van der Waals surface area contributed by atoms with Crippen LogP contribution in [-0.4, -0.2) is 4.98 Å². The van der Waals surface area contributed by atoms with Crippen LogP contribution in [0.15, 0.2) is 18.3 Å². The summed E-state index contributed by atoms with van der Waals surface area (Å²) in [6, 6.07) is 2.41. The number of hydrogen-bond acceptors (Lipinski definition) is 1. The first kappa shape index (κ1) is 12.2. The second-order valence-corrected chi connectivity index (χ2v) is 4.27. The van der Waals surface area contributed by atoms with Crippen LogP contribution in [0, 0.1) is 13.8 Å². The van der Waals surface area contributed by atoms with E-state index in [1.807, 2.05) is 0 Å². The van der Waals surface area contributed by atoms with Gasteiger partial charge in [-0.25, -0.2) is 0 Å². The van der Waals surface area contributed by atoms with Crippen LogP contribution in [0.3, 0.4) is 0 Å². The fourth-order valence-electron chi connectivity index (χ4n) is 1.78. The van der Waals surface area contributed by atoms with Crippen LogP contribution in [0.4, 0.5) is 13.2 Å². The molecule has 0 aliphatic heterocycles. The molecule has 0 N–H and O–H groups in total. The summed E-state index contributed by atoms with van der Waals surface area (Å²) in [5.74, 6) is 0. The number of aromatic nitrogens is 1. The highest BCUT2D eigenvalue weighted by molar-refractivity contribution is 6.36. The molecule has 0 saturated carbocycles. The van der Waals surface area contributed by atoms with Gasteiger partial charge in [-0.05, 0) is 31.0 Å². The standard InChI is InChI=1S/C12H9ClF3N/c1-6-5-17-11-7(2)9(12(14,15)16)4-3-8(11)10(6)13/h3-5H,1-2H3. The highest BCUT2D eigenvalue weighted by Gasteiger charge is 2.33. The Morgan fingerprint density at radius 1 is 1.18 bits per heavy atom. The molecular formula is C12H9ClF3N. The van der Waals surface area contributed by atoms with Crippen LogP contribution < -0.4 is 0 Å². The summed E-state index contributed by atoms with van der Waals surface area (Å²) in [6.45, 7) is 3.17. The summed E-state index contributed by atoms with van der Waals surface area (Å²) in [7, 11) is 0. The smallest absolute Gasteiger partial charge is 0.256 e. The summed E-state index contributed by atoms with van der Waals surface area (Å²) in [5, 5.41) is 1.00. The first-order valence-electron chi connectivity index (χ1n) is 4.94. The summed E-state index contributed by atoms with van der Waals surface area (Å²) >= 11 is 6.04. The van der Waals surface area contributed by atoms with E-state index in [2.05, 4.69) is 4.98 Å². The van der Waals surface area contributed by atoms with E-state index in [9.17, 15) is 13.2 Å². The summed E-state index contributed by atoms with van der Waals surface area (Å²) in [6.07, 6.45) is -2.88. The fourth-order valence-corrected chi connectivity index (χ4v) is 1.98. The van der Waals surface area contributed by atoms with Crippen molar-refractivity contribution in [1.29, 1.82) is 0 Å². The Bertz CT molecular complexity index is 590. The Morgan fingerprint density at radius 2 is 1.82 bits per heavy atom. The van der Waals surface area contributed by atoms with Gasteiger partial charge in [-0.2, -0.15) is 13.2 Å². The number of alkyl halides is 3. The van der Waals surface area contributed by atoms with Gasteiger partial charge in [0.15, 0.2) is 0 Å². The molecule has 0 atom stereocenters. The lowest BCUT2D eigenvalue weighted by Gasteiger charge is -2.13. The molecule has 1 aromatic heterocycles. The molecule has 2 aromatic rings. The van der Waals surface area contributed by atoms with Gasteiger partial charge in [0.05, 0.1) is 16.1 Å². The molecule has 0 fully saturated rings. The maximum absolute atomic E-state index is 12.7. The van der Waals surface area contributed by atoms with E-state index in [0.29, 0.717) is 15.9 Å². The summed E-state index contributed by atoms with van der Waals surface area (Å²) < 4.78 is 38.1. The van der Waals surface area contributed by atoms with Crippen LogP contribution in [0.2, 0.25) is 5.02 Å². The fraction of sp³-hybridized carbons (Fsp3) is 0.250. The van der Waals surface area contributed by atoms with Crippen LogP contribution >= 0.6 is 11.6 Å². The van der Waals surface area contributed by atoms with Gasteiger partial charge in [-0.15, -0.1) is 0 Å². The summed E-state index contributed by atoms with van der Waals surface area (Å²) in [5.41, 5.74) is 0.489. The zero-order valence-electron chi connectivity index (χ0n) is 9.19. The van der Waals surface area contributed by atoms with Gasteiger partial charge in [0.2, 0.25) is 0 Å². The van der Waals surface area contributed by atoms with Crippen molar-refractivity contribution in [2.75, 3.05) is 0 Å². The van der Waals surface area contributed by atoms with Crippen LogP contribution in [0.1, 0.15) is 16.7 Å². The van der Waals surface area contributed by atoms with Crippen molar-refractivity contribution in [3.05, 3.63) is 40.0 Å². The Morgan fingerprint density at radius 3 is 2.41 bits per heavy atom. The predicted octanol–water partition coefficient (Wildman–Crippen LogP) is 4.52. The largest absolute Gasteiger partial charge is 0.416 e. The van der Waals surface area contributed by atoms with Crippen molar-refractivity contribution < 1.29 is 13.2 Å². The first-order chi connectivity index (χ1) is 7.82. The number of halogens is 4. The Kier molecular flexibility index (Phi) is 2.78. The zero-order chi connectivity index (χ0) is 12.8. The quantitative estimate of drug-likeness (QED) is 0.678. The lowest BCUT2D eigenvalue weighted by atomic mass is 10.0. The van der Waals surface area contributed by atoms with Gasteiger partial charge >= 0.3 is 6.18 Å². The SMILES string of the molecule is Cc1cnc2c(C)c(C(F)(F)F)ccc2c1Cl. The predicted molar refractivity (Wildman–Crippen MR) is 61.2 cm³/mol. The van der Waals surface area contributed by atoms with Gasteiger partial charge in [-0.1, -0.05) is 17.7 Å². The third-order valence-corrected chi connectivity index (χ3v) is 3.21. The minimum atomic E-state index is -4.36. The molecule has 1 aromatic carbocycles. The van der Waals surface area contributed by atoms with Crippen molar-refractivity contribution in [2.24, 2.45) is 0 Å². The number of rotatable bonds is 0. The maximum atomic E-state index is 12.7. The van der Waals surface area contributed by atoms with Crippen molar-refractivity contribution in [2.45, 2.75) is 20.0 Å². The van der Waals surface area contributed by atoms with E-state index in [4.69, 9.17) is 11.6 Å². The first-order valence-corrected chi connectivity index (χ1v) is 5.32. The van der Waals surface area contributed by atoms with Gasteiger partial charge in [-0.3, -0.25) is 4.98 Å². The Balaban J connectivity index is 2.83. The minimum Gasteiger partial charge on any atom is -0.256 e. The summed E-state index contributed by atoms with van der Waals surface area (Å²) in [4.78, 5) is 4.03. The van der Waals surface area contributed by atoms with Gasteiger partial charge in [0, 0.05) is 11.6 Å². The molecule has 0 radical (unpaired) electrons. The number of aryl methyl sites for hydroxylation is 2. The molecule has 1 heterocycles. The second kappa shape index (κ2) is 3.88. The van der Waals surface area contributed by atoms with Gasteiger partial charge in [0.1, 0.15) is 0 Å². The monoisotopic (exact) mass is 259 g/mol. The van der Waals surface area contributed by atoms with Gasteiger partial charge < -0.3 is 0 Å². The van der Waals surface area contributed by atoms with E-state index < -0.39 is 11.7 Å².